The van der Waals surface area contributed by atoms with E-state index >= 15 is 0 Å². The third-order valence-corrected chi connectivity index (χ3v) is 24.9. The summed E-state index contributed by atoms with van der Waals surface area (Å²) >= 11 is 0. The van der Waals surface area contributed by atoms with Crippen LogP contribution in [0.4, 0.5) is 0 Å². The molecule has 15 aromatic carbocycles. The minimum Gasteiger partial charge on any atom is -0.310 e. The standard InChI is InChI=1S/C105H78BN5/c1-11-31-67(32-12-1)77-55-78(68-33-13-2-14-34-68)58-83(57-77)103-107-104(84-59-79(69-35-15-3-16-36-69)56-80(60-84)70-37-17-4-18-38-70)109-105(108-103)85-65-94-100-95(66-85)111-93-64-82(72-41-21-6-22-42-72)62-89(76-49-29-10-30-50-76)97(93)99-87(74-45-25-8-26-46-74)52-54-91(102(99)111)106(100)90-53-51-86(73-43-23-7-24-44-73)98-96-88(75-47-27-9-28-48-75)61-81(71-39-19-5-20-40-71)63-92(96)110(94)101(90)98/h1-6,9-22,27-42,47-66,73-74H,7-8,23-26,43-46H2. The molecule has 2 saturated carbocycles. The van der Waals surface area contributed by atoms with Crippen molar-refractivity contribution in [1.29, 1.82) is 0 Å². The zero-order chi connectivity index (χ0) is 73.0. The first-order chi connectivity index (χ1) is 55.0. The van der Waals surface area contributed by atoms with Gasteiger partial charge in [-0.05, 0) is 227 Å². The Kier molecular flexibility index (Phi) is 15.8. The molecule has 0 bridgehead atoms. The number of fused-ring (bicyclic) bond motifs is 10. The Bertz CT molecular complexity index is 6150. The Labute approximate surface area is 648 Å². The van der Waals surface area contributed by atoms with Gasteiger partial charge < -0.3 is 9.13 Å². The number of benzene rings is 15. The fourth-order valence-electron chi connectivity index (χ4n) is 19.7. The molecule has 0 amide bonds. The number of nitrogens with zero attached hydrogens (tertiary/aromatic N) is 5. The summed E-state index contributed by atoms with van der Waals surface area (Å²) < 4.78 is 5.49. The van der Waals surface area contributed by atoms with Gasteiger partial charge in [0.15, 0.2) is 17.5 Å². The molecule has 3 aromatic heterocycles. The van der Waals surface area contributed by atoms with Crippen LogP contribution in [0.3, 0.4) is 0 Å². The molecule has 0 saturated heterocycles. The second-order valence-corrected chi connectivity index (χ2v) is 31.3. The Morgan fingerprint density at radius 1 is 0.234 bits per heavy atom. The van der Waals surface area contributed by atoms with Gasteiger partial charge in [0, 0.05) is 60.6 Å². The molecule has 18 aromatic rings. The van der Waals surface area contributed by atoms with Crippen molar-refractivity contribution >= 4 is 66.7 Å². The van der Waals surface area contributed by atoms with Crippen molar-refractivity contribution in [2.45, 2.75) is 76.0 Å². The molecule has 111 heavy (non-hydrogen) atoms. The molecule has 2 aliphatic heterocycles. The maximum absolute atomic E-state index is 6.00. The molecule has 5 nitrogen and oxygen atoms in total. The molecule has 2 aliphatic carbocycles. The Balaban J connectivity index is 0.916. The molecule has 2 fully saturated rings. The maximum Gasteiger partial charge on any atom is 0.252 e. The van der Waals surface area contributed by atoms with Crippen LogP contribution in [0.5, 0.6) is 0 Å². The molecule has 6 heteroatoms. The predicted octanol–water partition coefficient (Wildman–Crippen LogP) is 25.6. The van der Waals surface area contributed by atoms with E-state index in [4.69, 9.17) is 15.0 Å². The van der Waals surface area contributed by atoms with Gasteiger partial charge in [-0.15, -0.1) is 0 Å². The van der Waals surface area contributed by atoms with Crippen molar-refractivity contribution in [1.82, 2.24) is 24.1 Å². The minimum absolute atomic E-state index is 0.148. The van der Waals surface area contributed by atoms with Gasteiger partial charge in [-0.2, -0.15) is 0 Å². The van der Waals surface area contributed by atoms with Crippen molar-refractivity contribution in [3.8, 4) is 135 Å². The van der Waals surface area contributed by atoms with Gasteiger partial charge in [-0.3, -0.25) is 0 Å². The summed E-state index contributed by atoms with van der Waals surface area (Å²) in [6.07, 6.45) is 12.1. The first-order valence-corrected chi connectivity index (χ1v) is 40.0. The molecule has 22 rings (SSSR count). The molecule has 0 radical (unpaired) electrons. The Morgan fingerprint density at radius 3 is 0.811 bits per heavy atom. The van der Waals surface area contributed by atoms with Crippen molar-refractivity contribution in [3.63, 3.8) is 0 Å². The monoisotopic (exact) mass is 1420 g/mol. The number of hydrogen-bond acceptors (Lipinski definition) is 3. The SMILES string of the molecule is c1ccc(-c2cc(-c3ccccc3)cc(-c3nc(-c4cc(-c5ccccc5)cc(-c5ccccc5)c4)nc(-c4cc5c6c(c4)-n4c7cc(-c8ccccc8)cc(-c8ccccc8)c7c7c(C8CCCCC8)ccc(c74)B6c4ccc(C6CCCCC6)c6c7c(-c8ccccc8)cc(-c8ccccc8)cc7n-5c46)n3)c2)cc1. The Morgan fingerprint density at radius 2 is 0.505 bits per heavy atom. The summed E-state index contributed by atoms with van der Waals surface area (Å²) in [6.45, 7) is -0.148. The van der Waals surface area contributed by atoms with Crippen molar-refractivity contribution in [2.24, 2.45) is 0 Å². The van der Waals surface area contributed by atoms with Gasteiger partial charge >= 0.3 is 0 Å². The quantitative estimate of drug-likeness (QED) is 0.108. The summed E-state index contributed by atoms with van der Waals surface area (Å²) in [5, 5.41) is 5.39. The van der Waals surface area contributed by atoms with Gasteiger partial charge in [0.05, 0.1) is 11.0 Å². The molecule has 4 aliphatic rings. The van der Waals surface area contributed by atoms with Gasteiger partial charge in [0.2, 0.25) is 0 Å². The van der Waals surface area contributed by atoms with Crippen LogP contribution in [0.1, 0.15) is 87.2 Å². The van der Waals surface area contributed by atoms with Crippen molar-refractivity contribution in [2.75, 3.05) is 0 Å². The lowest BCUT2D eigenvalue weighted by Gasteiger charge is -2.35. The molecule has 526 valence electrons. The average Bonchev–Trinajstić information content (AvgIpc) is 1.52. The third kappa shape index (κ3) is 11.1. The zero-order valence-corrected chi connectivity index (χ0v) is 61.9. The summed E-state index contributed by atoms with van der Waals surface area (Å²) in [5.74, 6) is 2.59. The molecule has 0 unspecified atom stereocenters. The second-order valence-electron chi connectivity index (χ2n) is 31.3. The summed E-state index contributed by atoms with van der Waals surface area (Å²) in [6, 6.07) is 127. The molecule has 0 spiro atoms. The molecule has 0 N–H and O–H groups in total. The molecular weight excluding hydrogens is 1340 g/mol. The van der Waals surface area contributed by atoms with E-state index in [1.807, 2.05) is 0 Å². The topological polar surface area (TPSA) is 48.5 Å². The van der Waals surface area contributed by atoms with Crippen LogP contribution >= 0.6 is 0 Å². The van der Waals surface area contributed by atoms with E-state index < -0.39 is 0 Å². The number of hydrogen-bond donors (Lipinski definition) is 0. The van der Waals surface area contributed by atoms with Gasteiger partial charge in [-0.1, -0.05) is 305 Å². The van der Waals surface area contributed by atoms with E-state index in [9.17, 15) is 0 Å². The third-order valence-electron chi connectivity index (χ3n) is 24.9. The Hall–Kier alpha value is -13.0. The molecule has 0 atom stereocenters. The van der Waals surface area contributed by atoms with E-state index in [2.05, 4.69) is 349 Å². The fourth-order valence-corrected chi connectivity index (χ4v) is 19.7. The first kappa shape index (κ1) is 65.1. The lowest BCUT2D eigenvalue weighted by molar-refractivity contribution is 0.445. The van der Waals surface area contributed by atoms with E-state index in [-0.39, 0.29) is 6.71 Å². The minimum atomic E-state index is -0.148. The smallest absolute Gasteiger partial charge is 0.252 e. The highest BCUT2D eigenvalue weighted by atomic mass is 15.1. The number of rotatable bonds is 13. The highest BCUT2D eigenvalue weighted by Crippen LogP contribution is 2.52. The van der Waals surface area contributed by atoms with E-state index in [0.29, 0.717) is 29.3 Å². The van der Waals surface area contributed by atoms with Crippen molar-refractivity contribution in [3.05, 3.63) is 351 Å². The second kappa shape index (κ2) is 27.0. The normalized spacial score (nSPS) is 14.0. The lowest BCUT2D eigenvalue weighted by Crippen LogP contribution is -2.59. The molecule has 5 heterocycles. The first-order valence-electron chi connectivity index (χ1n) is 40.0. The largest absolute Gasteiger partial charge is 0.310 e. The maximum atomic E-state index is 6.00. The van der Waals surface area contributed by atoms with Gasteiger partial charge in [0.1, 0.15) is 0 Å². The van der Waals surface area contributed by atoms with Crippen LogP contribution in [0.25, 0.3) is 178 Å². The van der Waals surface area contributed by atoms with Crippen LogP contribution in [0, 0.1) is 0 Å². The van der Waals surface area contributed by atoms with Crippen LogP contribution in [-0.2, 0) is 0 Å². The van der Waals surface area contributed by atoms with E-state index in [1.54, 1.807) is 0 Å². The average molecular weight is 1420 g/mol. The highest BCUT2D eigenvalue weighted by molar-refractivity contribution is 7.00. The van der Waals surface area contributed by atoms with Gasteiger partial charge in [-0.25, -0.2) is 15.0 Å². The lowest BCUT2D eigenvalue weighted by atomic mass is 9.34. The molecular formula is C105H78BN5. The zero-order valence-electron chi connectivity index (χ0n) is 61.9. The van der Waals surface area contributed by atoms with Gasteiger partial charge in [0.25, 0.3) is 6.71 Å². The summed E-state index contributed by atoms with van der Waals surface area (Å²) in [4.78, 5) is 17.8. The predicted molar refractivity (Wildman–Crippen MR) is 465 cm³/mol. The highest BCUT2D eigenvalue weighted by Gasteiger charge is 2.44. The van der Waals surface area contributed by atoms with E-state index in [1.165, 1.54) is 180 Å². The van der Waals surface area contributed by atoms with Crippen LogP contribution in [0.2, 0.25) is 0 Å². The van der Waals surface area contributed by atoms with Crippen LogP contribution in [-0.4, -0.2) is 30.8 Å². The fraction of sp³-hybridized carbons (Fsp3) is 0.114. The van der Waals surface area contributed by atoms with Crippen LogP contribution < -0.4 is 16.4 Å². The van der Waals surface area contributed by atoms with E-state index in [0.717, 1.165) is 72.6 Å². The van der Waals surface area contributed by atoms with Crippen LogP contribution in [0.15, 0.2) is 340 Å². The van der Waals surface area contributed by atoms with Crippen molar-refractivity contribution < 1.29 is 0 Å². The number of aromatic nitrogens is 5. The summed E-state index contributed by atoms with van der Waals surface area (Å²) in [7, 11) is 0. The summed E-state index contributed by atoms with van der Waals surface area (Å²) in [5.41, 5.74) is 35.3.